The highest BCUT2D eigenvalue weighted by Crippen LogP contribution is 2.33. The predicted molar refractivity (Wildman–Crippen MR) is 211 cm³/mol. The van der Waals surface area contributed by atoms with Crippen molar-refractivity contribution in [3.8, 4) is 16.9 Å². The molecule has 0 bridgehead atoms. The van der Waals surface area contributed by atoms with Gasteiger partial charge in [-0.2, -0.15) is 10.2 Å². The molecule has 0 saturated carbocycles. The molecule has 13 nitrogen and oxygen atoms in total. The molecule has 4 heterocycles. The summed E-state index contributed by atoms with van der Waals surface area (Å²) >= 11 is 0. The maximum atomic E-state index is 13.7. The summed E-state index contributed by atoms with van der Waals surface area (Å²) in [6, 6.07) is 34.4. The number of carboxylic acids is 1. The lowest BCUT2D eigenvalue weighted by molar-refractivity contribution is 0.0696. The maximum Gasteiger partial charge on any atom is 0.338 e. The molecule has 0 saturated heterocycles. The van der Waals surface area contributed by atoms with Gasteiger partial charge >= 0.3 is 5.97 Å². The first-order valence-electron chi connectivity index (χ1n) is 17.3. The number of aromatic nitrogens is 6. The van der Waals surface area contributed by atoms with Crippen LogP contribution in [0.15, 0.2) is 157 Å². The highest BCUT2D eigenvalue weighted by atomic mass is 32.2. The number of aromatic carboxylic acids is 1. The summed E-state index contributed by atoms with van der Waals surface area (Å²) in [7, 11) is -4.02. The summed E-state index contributed by atoms with van der Waals surface area (Å²) < 4.78 is 31.7. The van der Waals surface area contributed by atoms with Gasteiger partial charge in [0.05, 0.1) is 47.2 Å². The van der Waals surface area contributed by atoms with Gasteiger partial charge in [-0.25, -0.2) is 22.2 Å². The normalized spacial score (nSPS) is 11.2. The lowest BCUT2D eigenvalue weighted by Crippen LogP contribution is -2.13. The van der Waals surface area contributed by atoms with Gasteiger partial charge in [-0.1, -0.05) is 90.5 Å². The van der Waals surface area contributed by atoms with Crippen molar-refractivity contribution in [2.45, 2.75) is 24.9 Å². The highest BCUT2D eigenvalue weighted by Gasteiger charge is 2.24. The van der Waals surface area contributed by atoms with Gasteiger partial charge in [0.2, 0.25) is 0 Å². The van der Waals surface area contributed by atoms with Crippen LogP contribution >= 0.6 is 0 Å². The smallest absolute Gasteiger partial charge is 0.338 e. The number of hydrogen-bond acceptors (Lipinski definition) is 8. The van der Waals surface area contributed by atoms with Crippen LogP contribution in [0.25, 0.3) is 22.2 Å². The molecule has 0 radical (unpaired) electrons. The quantitative estimate of drug-likeness (QED) is 0.131. The van der Waals surface area contributed by atoms with Crippen molar-refractivity contribution in [3.05, 3.63) is 180 Å². The van der Waals surface area contributed by atoms with E-state index in [0.717, 1.165) is 26.2 Å². The number of carbonyl (C=O) groups excluding carboxylic acids is 1. The molecule has 56 heavy (non-hydrogen) atoms. The number of carbonyl (C=O) groups is 2. The summed E-state index contributed by atoms with van der Waals surface area (Å²) in [4.78, 5) is 28.5. The largest absolute Gasteiger partial charge is 0.508 e. The maximum absolute atomic E-state index is 13.7. The molecule has 0 aliphatic heterocycles. The number of aryl methyl sites for hydroxylation is 1. The fourth-order valence-corrected chi connectivity index (χ4v) is 7.19. The predicted octanol–water partition coefficient (Wildman–Crippen LogP) is 7.08. The molecule has 4 aromatic carbocycles. The van der Waals surface area contributed by atoms with Crippen LogP contribution in [0, 0.1) is 6.92 Å². The Morgan fingerprint density at radius 3 is 1.84 bits per heavy atom. The topological polar surface area (TPSA) is 174 Å². The van der Waals surface area contributed by atoms with Gasteiger partial charge < -0.3 is 15.5 Å². The second-order valence-corrected chi connectivity index (χ2v) is 14.7. The molecule has 1 amide bonds. The molecule has 0 aliphatic rings. The third kappa shape index (κ3) is 8.40. The van der Waals surface area contributed by atoms with Crippen LogP contribution in [0.2, 0.25) is 0 Å². The summed E-state index contributed by atoms with van der Waals surface area (Å²) in [5.74, 6) is -1.26. The number of phenols is 1. The number of fused-ring (bicyclic) bond motifs is 1. The number of carboxylic acid groups (broad SMARTS) is 1. The summed E-state index contributed by atoms with van der Waals surface area (Å²) in [6.07, 6.45) is 8.93. The van der Waals surface area contributed by atoms with Crippen molar-refractivity contribution < 1.29 is 28.2 Å². The van der Waals surface area contributed by atoms with E-state index in [0.29, 0.717) is 29.6 Å². The molecule has 280 valence electrons. The Bertz CT molecular complexity index is 2740. The van der Waals surface area contributed by atoms with Gasteiger partial charge in [0.15, 0.2) is 5.65 Å². The first-order chi connectivity index (χ1) is 27.0. The molecule has 0 unspecified atom stereocenters. The number of hydrogen-bond donors (Lipinski definition) is 3. The van der Waals surface area contributed by atoms with E-state index in [1.165, 1.54) is 24.8 Å². The van der Waals surface area contributed by atoms with E-state index >= 15 is 0 Å². The first-order valence-corrected chi connectivity index (χ1v) is 18.8. The lowest BCUT2D eigenvalue weighted by atomic mass is 10.1. The Labute approximate surface area is 321 Å². The van der Waals surface area contributed by atoms with Crippen molar-refractivity contribution in [1.29, 1.82) is 0 Å². The minimum Gasteiger partial charge on any atom is -0.508 e. The second-order valence-electron chi connectivity index (χ2n) is 12.9. The van der Waals surface area contributed by atoms with Crippen LogP contribution in [-0.2, 0) is 23.1 Å². The van der Waals surface area contributed by atoms with Gasteiger partial charge in [0.1, 0.15) is 5.75 Å². The van der Waals surface area contributed by atoms with Crippen molar-refractivity contribution in [1.82, 2.24) is 28.5 Å². The zero-order chi connectivity index (χ0) is 39.2. The molecule has 3 N–H and O–H groups in total. The zero-order valence-corrected chi connectivity index (χ0v) is 30.8. The number of phenolic OH excluding ortho intramolecular Hbond substituents is 1. The lowest BCUT2D eigenvalue weighted by Gasteiger charge is -2.08. The molecule has 0 fully saturated rings. The molecule has 14 heteroatoms. The Hall–Kier alpha value is -7.32. The van der Waals surface area contributed by atoms with Gasteiger partial charge in [0, 0.05) is 35.7 Å². The monoisotopic (exact) mass is 765 g/mol. The average molecular weight is 766 g/mol. The number of amides is 1. The van der Waals surface area contributed by atoms with E-state index in [4.69, 9.17) is 5.11 Å². The molecule has 8 rings (SSSR count). The minimum atomic E-state index is -4.02. The van der Waals surface area contributed by atoms with Gasteiger partial charge in [-0.05, 0) is 53.9 Å². The van der Waals surface area contributed by atoms with Crippen molar-refractivity contribution in [2.75, 3.05) is 5.32 Å². The first kappa shape index (κ1) is 37.0. The van der Waals surface area contributed by atoms with Gasteiger partial charge in [-0.3, -0.25) is 14.2 Å². The standard InChI is InChI=1S/C31H25N5O4S.C11H10N2O2/c1-21-7-13-27(14-8-21)41(39,40)36-20-29(28-15-24(16-32-30(28)36)23-9-11-26(37)12-10-23)34-31(38)25-17-33-35(19-25)18-22-5-3-2-4-6-22;14-11(15)10-6-12-13(8-10)7-9-4-2-1-3-5-9/h2-17,19-20,37H,18H2,1H3,(H,34,38);1-6,8H,7H2,(H,14,15). The number of nitrogens with zero attached hydrogens (tertiary/aromatic N) is 6. The highest BCUT2D eigenvalue weighted by molar-refractivity contribution is 7.90. The fourth-order valence-electron chi connectivity index (χ4n) is 5.86. The van der Waals surface area contributed by atoms with Crippen LogP contribution in [0.1, 0.15) is 37.4 Å². The average Bonchev–Trinajstić information content (AvgIpc) is 3.96. The summed E-state index contributed by atoms with van der Waals surface area (Å²) in [5.41, 5.74) is 5.51. The van der Waals surface area contributed by atoms with E-state index in [2.05, 4.69) is 20.5 Å². The van der Waals surface area contributed by atoms with Crippen LogP contribution in [0.4, 0.5) is 5.69 Å². The Morgan fingerprint density at radius 1 is 0.696 bits per heavy atom. The van der Waals surface area contributed by atoms with Crippen LogP contribution in [-0.4, -0.2) is 59.0 Å². The third-order valence-electron chi connectivity index (χ3n) is 8.79. The number of nitrogens with one attached hydrogen (secondary N) is 1. The number of rotatable bonds is 10. The molecular weight excluding hydrogens is 731 g/mol. The van der Waals surface area contributed by atoms with Crippen LogP contribution in [0.3, 0.4) is 0 Å². The molecule has 8 aromatic rings. The van der Waals surface area contributed by atoms with Gasteiger partial charge in [0.25, 0.3) is 15.9 Å². The Morgan fingerprint density at radius 2 is 1.27 bits per heavy atom. The molecule has 4 aromatic heterocycles. The number of pyridine rings is 1. The summed E-state index contributed by atoms with van der Waals surface area (Å²) in [5, 5.41) is 30.0. The van der Waals surface area contributed by atoms with Crippen LogP contribution < -0.4 is 5.32 Å². The van der Waals surface area contributed by atoms with E-state index in [9.17, 15) is 23.1 Å². The molecule has 0 spiro atoms. The molecule has 0 atom stereocenters. The van der Waals surface area contributed by atoms with Crippen molar-refractivity contribution >= 4 is 38.6 Å². The van der Waals surface area contributed by atoms with E-state index in [-0.39, 0.29) is 27.5 Å². The van der Waals surface area contributed by atoms with Crippen molar-refractivity contribution in [2.24, 2.45) is 0 Å². The summed E-state index contributed by atoms with van der Waals surface area (Å²) in [6.45, 7) is 2.97. The number of aromatic hydroxyl groups is 1. The van der Waals surface area contributed by atoms with E-state index in [1.54, 1.807) is 76.4 Å². The SMILES string of the molecule is Cc1ccc(S(=O)(=O)n2cc(NC(=O)c3cnn(Cc4ccccc4)c3)c3cc(-c4ccc(O)cc4)cnc32)cc1.O=C(O)c1cnn(Cc2ccccc2)c1. The Kier molecular flexibility index (Phi) is 10.5. The van der Waals surface area contributed by atoms with Crippen LogP contribution in [0.5, 0.6) is 5.75 Å². The Balaban J connectivity index is 0.000000268. The number of anilines is 1. The molecular formula is C42H35N7O6S. The van der Waals surface area contributed by atoms with E-state index in [1.807, 2.05) is 67.6 Å². The van der Waals surface area contributed by atoms with E-state index < -0.39 is 21.9 Å². The zero-order valence-electron chi connectivity index (χ0n) is 30.0. The molecule has 0 aliphatic carbocycles. The van der Waals surface area contributed by atoms with Crippen molar-refractivity contribution in [3.63, 3.8) is 0 Å². The third-order valence-corrected chi connectivity index (χ3v) is 10.5. The van der Waals surface area contributed by atoms with Gasteiger partial charge in [-0.15, -0.1) is 0 Å². The second kappa shape index (κ2) is 16.0. The minimum absolute atomic E-state index is 0.101. The number of benzene rings is 4. The fraction of sp³-hybridized carbons (Fsp3) is 0.0714.